The Labute approximate surface area is 169 Å². The van der Waals surface area contributed by atoms with Gasteiger partial charge in [0, 0.05) is 24.2 Å². The molecule has 28 heavy (non-hydrogen) atoms. The van der Waals surface area contributed by atoms with Crippen molar-refractivity contribution >= 4 is 43.2 Å². The highest BCUT2D eigenvalue weighted by molar-refractivity contribution is 7.89. The molecule has 0 unspecified atom stereocenters. The molecule has 148 valence electrons. The van der Waals surface area contributed by atoms with Gasteiger partial charge in [-0.3, -0.25) is 0 Å². The maximum absolute atomic E-state index is 13.8. The van der Waals surface area contributed by atoms with Gasteiger partial charge in [0.05, 0.1) is 9.60 Å². The smallest absolute Gasteiger partial charge is 0.274 e. The number of benzene rings is 2. The Balaban J connectivity index is 1.44. The molecule has 0 spiro atoms. The number of rotatable bonds is 4. The van der Waals surface area contributed by atoms with Crippen LogP contribution in [0.5, 0.6) is 5.19 Å². The van der Waals surface area contributed by atoms with E-state index in [2.05, 4.69) is 4.98 Å². The average molecular weight is 445 g/mol. The van der Waals surface area contributed by atoms with Gasteiger partial charge in [-0.2, -0.15) is 9.29 Å². The van der Waals surface area contributed by atoms with Crippen molar-refractivity contribution in [3.05, 3.63) is 53.1 Å². The fourth-order valence-electron chi connectivity index (χ4n) is 3.10. The highest BCUT2D eigenvalue weighted by Crippen LogP contribution is 2.32. The third-order valence-electron chi connectivity index (χ3n) is 4.50. The summed E-state index contributed by atoms with van der Waals surface area (Å²) in [6, 6.07) is 8.15. The van der Waals surface area contributed by atoms with Gasteiger partial charge >= 0.3 is 0 Å². The van der Waals surface area contributed by atoms with E-state index in [1.54, 1.807) is 12.1 Å². The van der Waals surface area contributed by atoms with Gasteiger partial charge in [-0.15, -0.1) is 0 Å². The van der Waals surface area contributed by atoms with E-state index in [1.165, 1.54) is 22.5 Å². The maximum atomic E-state index is 13.8. The zero-order valence-electron chi connectivity index (χ0n) is 14.4. The number of hydrogen-bond donors (Lipinski definition) is 0. The van der Waals surface area contributed by atoms with Gasteiger partial charge in [-0.25, -0.2) is 17.2 Å². The predicted octanol–water partition coefficient (Wildman–Crippen LogP) is 4.46. The zero-order chi connectivity index (χ0) is 19.9. The van der Waals surface area contributed by atoms with Crippen LogP contribution >= 0.6 is 22.9 Å². The van der Waals surface area contributed by atoms with Crippen molar-refractivity contribution < 1.29 is 21.9 Å². The van der Waals surface area contributed by atoms with Crippen molar-refractivity contribution in [3.63, 3.8) is 0 Å². The minimum atomic E-state index is -3.62. The summed E-state index contributed by atoms with van der Waals surface area (Å²) in [5, 5.41) is 0.606. The first-order chi connectivity index (χ1) is 13.3. The van der Waals surface area contributed by atoms with Crippen molar-refractivity contribution in [2.75, 3.05) is 13.1 Å². The first kappa shape index (κ1) is 19.5. The van der Waals surface area contributed by atoms with Crippen LogP contribution < -0.4 is 4.74 Å². The first-order valence-electron chi connectivity index (χ1n) is 8.51. The fourth-order valence-corrected chi connectivity index (χ4v) is 5.79. The van der Waals surface area contributed by atoms with E-state index in [0.29, 0.717) is 22.6 Å². The molecule has 0 bridgehead atoms. The minimum absolute atomic E-state index is 0.0716. The molecular formula is C18H15ClF2N2O3S2. The molecule has 1 fully saturated rings. The van der Waals surface area contributed by atoms with Crippen molar-refractivity contribution in [1.82, 2.24) is 9.29 Å². The standard InChI is InChI=1S/C18H15ClF2N2O3S2/c19-11-2-1-3-14(8-11)28(24,25)23-6-4-13(5-7-23)26-18-22-17-15(21)9-12(20)10-16(17)27-18/h1-3,8-10,13H,4-7H2. The number of aromatic nitrogens is 1. The Morgan fingerprint density at radius 2 is 1.93 bits per heavy atom. The number of ether oxygens (including phenoxy) is 1. The van der Waals surface area contributed by atoms with Crippen molar-refractivity contribution in [2.24, 2.45) is 0 Å². The number of halogens is 3. The van der Waals surface area contributed by atoms with Crippen LogP contribution in [0.25, 0.3) is 10.2 Å². The third-order valence-corrected chi connectivity index (χ3v) is 7.52. The lowest BCUT2D eigenvalue weighted by molar-refractivity contribution is 0.135. The van der Waals surface area contributed by atoms with Crippen LogP contribution in [0.3, 0.4) is 0 Å². The van der Waals surface area contributed by atoms with Crippen LogP contribution in [0.15, 0.2) is 41.3 Å². The Bertz CT molecular complexity index is 1130. The number of hydrogen-bond acceptors (Lipinski definition) is 5. The van der Waals surface area contributed by atoms with Crippen LogP contribution in [0.1, 0.15) is 12.8 Å². The summed E-state index contributed by atoms with van der Waals surface area (Å²) < 4.78 is 60.1. The third kappa shape index (κ3) is 3.84. The van der Waals surface area contributed by atoms with Crippen LogP contribution in [-0.4, -0.2) is 36.9 Å². The van der Waals surface area contributed by atoms with Crippen LogP contribution in [0.4, 0.5) is 8.78 Å². The molecule has 0 radical (unpaired) electrons. The molecule has 1 aliphatic heterocycles. The molecule has 1 saturated heterocycles. The summed E-state index contributed by atoms with van der Waals surface area (Å²) in [5.41, 5.74) is 0.0716. The van der Waals surface area contributed by atoms with Gasteiger partial charge in [0.25, 0.3) is 5.19 Å². The molecule has 5 nitrogen and oxygen atoms in total. The lowest BCUT2D eigenvalue weighted by Gasteiger charge is -2.30. The maximum Gasteiger partial charge on any atom is 0.274 e. The molecule has 0 aliphatic carbocycles. The van der Waals surface area contributed by atoms with Crippen molar-refractivity contribution in [3.8, 4) is 5.19 Å². The topological polar surface area (TPSA) is 59.5 Å². The second-order valence-corrected chi connectivity index (χ2v) is 9.76. The Kier molecular flexibility index (Phi) is 5.26. The number of fused-ring (bicyclic) bond motifs is 1. The molecule has 2 aromatic carbocycles. The van der Waals surface area contributed by atoms with E-state index in [9.17, 15) is 17.2 Å². The summed E-state index contributed by atoms with van der Waals surface area (Å²) in [7, 11) is -3.62. The van der Waals surface area contributed by atoms with Gasteiger partial charge in [-0.05, 0) is 37.1 Å². The first-order valence-corrected chi connectivity index (χ1v) is 11.1. The van der Waals surface area contributed by atoms with Crippen molar-refractivity contribution in [1.29, 1.82) is 0 Å². The molecule has 10 heteroatoms. The summed E-state index contributed by atoms with van der Waals surface area (Å²) >= 11 is 6.96. The summed E-state index contributed by atoms with van der Waals surface area (Å²) in [6.45, 7) is 0.570. The van der Waals surface area contributed by atoms with Gasteiger partial charge < -0.3 is 4.74 Å². The highest BCUT2D eigenvalue weighted by atomic mass is 35.5. The number of nitrogens with zero attached hydrogens (tertiary/aromatic N) is 2. The van der Waals surface area contributed by atoms with Crippen molar-refractivity contribution in [2.45, 2.75) is 23.8 Å². The van der Waals surface area contributed by atoms with Gasteiger partial charge in [0.2, 0.25) is 10.0 Å². The van der Waals surface area contributed by atoms with E-state index < -0.39 is 21.7 Å². The molecule has 0 N–H and O–H groups in total. The monoisotopic (exact) mass is 444 g/mol. The highest BCUT2D eigenvalue weighted by Gasteiger charge is 2.30. The minimum Gasteiger partial charge on any atom is -0.467 e. The molecule has 2 heterocycles. The molecule has 4 rings (SSSR count). The molecule has 0 amide bonds. The van der Waals surface area contributed by atoms with Crippen LogP contribution in [0, 0.1) is 11.6 Å². The second-order valence-electron chi connectivity index (χ2n) is 6.39. The quantitative estimate of drug-likeness (QED) is 0.596. The predicted molar refractivity (Wildman–Crippen MR) is 103 cm³/mol. The van der Waals surface area contributed by atoms with E-state index in [0.717, 1.165) is 17.4 Å². The number of thiazole rings is 1. The average Bonchev–Trinajstić information content (AvgIpc) is 3.05. The Hall–Kier alpha value is -1.81. The Morgan fingerprint density at radius 1 is 1.18 bits per heavy atom. The molecular weight excluding hydrogens is 430 g/mol. The van der Waals surface area contributed by atoms with Crippen LogP contribution in [-0.2, 0) is 10.0 Å². The van der Waals surface area contributed by atoms with E-state index >= 15 is 0 Å². The summed E-state index contributed by atoms with van der Waals surface area (Å²) in [4.78, 5) is 4.24. The largest absolute Gasteiger partial charge is 0.467 e. The number of piperidine rings is 1. The Morgan fingerprint density at radius 3 is 2.64 bits per heavy atom. The fraction of sp³-hybridized carbons (Fsp3) is 0.278. The molecule has 1 aliphatic rings. The van der Waals surface area contributed by atoms with E-state index in [-0.39, 0.29) is 34.8 Å². The number of sulfonamides is 1. The van der Waals surface area contributed by atoms with E-state index in [4.69, 9.17) is 16.3 Å². The molecule has 0 saturated carbocycles. The zero-order valence-corrected chi connectivity index (χ0v) is 16.8. The second kappa shape index (κ2) is 7.55. The lowest BCUT2D eigenvalue weighted by atomic mass is 10.1. The van der Waals surface area contributed by atoms with Crippen LogP contribution in [0.2, 0.25) is 5.02 Å². The molecule has 0 atom stereocenters. The van der Waals surface area contributed by atoms with Gasteiger partial charge in [0.1, 0.15) is 17.4 Å². The summed E-state index contributed by atoms with van der Waals surface area (Å²) in [6.07, 6.45) is 0.679. The summed E-state index contributed by atoms with van der Waals surface area (Å²) in [5.74, 6) is -1.40. The van der Waals surface area contributed by atoms with E-state index in [1.807, 2.05) is 0 Å². The molecule has 3 aromatic rings. The normalized spacial score (nSPS) is 16.5. The molecule has 1 aromatic heterocycles. The lowest BCUT2D eigenvalue weighted by Crippen LogP contribution is -2.41. The van der Waals surface area contributed by atoms with Gasteiger partial charge in [-0.1, -0.05) is 29.0 Å². The van der Waals surface area contributed by atoms with Gasteiger partial charge in [0.15, 0.2) is 5.82 Å². The SMILES string of the molecule is O=S(=O)(c1cccc(Cl)c1)N1CCC(Oc2nc3c(F)cc(F)cc3s2)CC1.